The fraction of sp³-hybridized carbons (Fsp3) is 0.896. The zero-order valence-electron chi connectivity index (χ0n) is 37.2. The molecule has 0 saturated carbocycles. The maximum Gasteiger partial charge on any atom is 0.249 e. The first-order valence-corrected chi connectivity index (χ1v) is 24.2. The third-order valence-electron chi connectivity index (χ3n) is 11.7. The van der Waals surface area contributed by atoms with Crippen LogP contribution in [0.5, 0.6) is 0 Å². The molecule has 8 unspecified atom stereocenters. The molecular weight excluding hydrogens is 735 g/mol. The second kappa shape index (κ2) is 38.5. The summed E-state index contributed by atoms with van der Waals surface area (Å²) >= 11 is 0. The van der Waals surface area contributed by atoms with Crippen LogP contribution in [0.3, 0.4) is 0 Å². The molecule has 1 heterocycles. The van der Waals surface area contributed by atoms with Gasteiger partial charge in [0.2, 0.25) is 5.91 Å². The molecule has 0 aromatic heterocycles. The number of amides is 1. The quantitative estimate of drug-likeness (QED) is 0.0235. The average Bonchev–Trinajstić information content (AvgIpc) is 3.22. The van der Waals surface area contributed by atoms with E-state index < -0.39 is 61.5 Å². The van der Waals surface area contributed by atoms with E-state index in [9.17, 15) is 35.4 Å². The summed E-state index contributed by atoms with van der Waals surface area (Å²) in [6, 6.07) is -0.894. The molecule has 0 spiro atoms. The van der Waals surface area contributed by atoms with Crippen LogP contribution >= 0.6 is 0 Å². The minimum absolute atomic E-state index is 0.256. The summed E-state index contributed by atoms with van der Waals surface area (Å²) in [5, 5.41) is 64.9. The third-order valence-corrected chi connectivity index (χ3v) is 11.7. The van der Waals surface area contributed by atoms with Gasteiger partial charge >= 0.3 is 0 Å². The van der Waals surface area contributed by atoms with Gasteiger partial charge < -0.3 is 45.4 Å². The second-order valence-electron chi connectivity index (χ2n) is 17.1. The Morgan fingerprint density at radius 3 is 1.48 bits per heavy atom. The van der Waals surface area contributed by atoms with E-state index in [1.54, 1.807) is 0 Å². The first-order valence-electron chi connectivity index (χ1n) is 24.2. The van der Waals surface area contributed by atoms with Gasteiger partial charge in [-0.05, 0) is 38.5 Å². The molecule has 1 saturated heterocycles. The molecule has 1 amide bonds. The molecule has 0 radical (unpaired) electrons. The summed E-state index contributed by atoms with van der Waals surface area (Å²) in [6.07, 6.45) is 35.0. The zero-order valence-corrected chi connectivity index (χ0v) is 37.2. The lowest BCUT2D eigenvalue weighted by molar-refractivity contribution is -0.302. The van der Waals surface area contributed by atoms with Crippen molar-refractivity contribution in [3.8, 4) is 0 Å². The van der Waals surface area contributed by atoms with Crippen molar-refractivity contribution in [1.82, 2.24) is 5.32 Å². The molecule has 342 valence electrons. The van der Waals surface area contributed by atoms with E-state index in [2.05, 4.69) is 43.5 Å². The Morgan fingerprint density at radius 2 is 1.00 bits per heavy atom. The summed E-state index contributed by atoms with van der Waals surface area (Å²) in [6.45, 7) is 3.64. The highest BCUT2D eigenvalue weighted by Crippen LogP contribution is 2.23. The van der Waals surface area contributed by atoms with Crippen LogP contribution in [-0.4, -0.2) is 98.7 Å². The monoisotopic (exact) mass is 826 g/mol. The Kier molecular flexibility index (Phi) is 36.3. The lowest BCUT2D eigenvalue weighted by Gasteiger charge is -2.40. The van der Waals surface area contributed by atoms with E-state index in [1.807, 2.05) is 0 Å². The van der Waals surface area contributed by atoms with Crippen LogP contribution in [0.15, 0.2) is 24.3 Å². The van der Waals surface area contributed by atoms with E-state index in [1.165, 1.54) is 128 Å². The predicted molar refractivity (Wildman–Crippen MR) is 236 cm³/mol. The smallest absolute Gasteiger partial charge is 0.249 e. The Hall–Kier alpha value is -1.37. The number of aliphatic hydroxyl groups excluding tert-OH is 6. The maximum atomic E-state index is 13.1. The van der Waals surface area contributed by atoms with E-state index in [0.29, 0.717) is 12.8 Å². The lowest BCUT2D eigenvalue weighted by Crippen LogP contribution is -2.60. The van der Waals surface area contributed by atoms with Gasteiger partial charge in [0, 0.05) is 0 Å². The van der Waals surface area contributed by atoms with Gasteiger partial charge in [-0.25, -0.2) is 0 Å². The van der Waals surface area contributed by atoms with Gasteiger partial charge in [0.05, 0.1) is 25.4 Å². The number of aliphatic hydroxyl groups is 6. The molecule has 1 aliphatic rings. The molecule has 10 heteroatoms. The van der Waals surface area contributed by atoms with Crippen LogP contribution in [0.25, 0.3) is 0 Å². The SMILES string of the molecule is CCCCC/C=C\C=C/CCCCCCCCCCCC(O)C(=O)NC(COC1OC(CO)C(O)C(O)C1O)C(O)CCCCCCCCCCCCCCCCC. The number of rotatable bonds is 40. The topological polar surface area (TPSA) is 169 Å². The average molecular weight is 826 g/mol. The largest absolute Gasteiger partial charge is 0.394 e. The van der Waals surface area contributed by atoms with Crippen molar-refractivity contribution in [2.45, 2.75) is 262 Å². The third kappa shape index (κ3) is 28.2. The second-order valence-corrected chi connectivity index (χ2v) is 17.1. The highest BCUT2D eigenvalue weighted by atomic mass is 16.7. The molecular formula is C48H91NO9. The molecule has 0 aliphatic carbocycles. The molecule has 0 aromatic rings. The summed E-state index contributed by atoms with van der Waals surface area (Å²) in [4.78, 5) is 13.1. The number of ether oxygens (including phenoxy) is 2. The van der Waals surface area contributed by atoms with Gasteiger partial charge in [-0.1, -0.05) is 199 Å². The van der Waals surface area contributed by atoms with Gasteiger partial charge in [0.25, 0.3) is 0 Å². The van der Waals surface area contributed by atoms with Gasteiger partial charge in [0.15, 0.2) is 6.29 Å². The molecule has 8 atom stereocenters. The first-order chi connectivity index (χ1) is 28.3. The van der Waals surface area contributed by atoms with E-state index in [-0.39, 0.29) is 6.61 Å². The standard InChI is InChI=1S/C48H91NO9/c1-3-5-7-9-11-13-15-17-19-20-21-23-25-27-29-31-33-35-37-42(52)47(56)49-40(39-57-48-46(55)45(54)44(53)43(38-50)58-48)41(51)36-34-32-30-28-26-24-22-18-16-14-12-10-8-6-4-2/h11,13,15,17,40-46,48,50-55H,3-10,12,14,16,18-39H2,1-2H3,(H,49,56)/b13-11-,17-15-. The Bertz CT molecular complexity index is 979. The molecule has 1 fully saturated rings. The van der Waals surface area contributed by atoms with E-state index in [4.69, 9.17) is 9.47 Å². The van der Waals surface area contributed by atoms with Gasteiger partial charge in [0.1, 0.15) is 30.5 Å². The summed E-state index contributed by atoms with van der Waals surface area (Å²) in [5.41, 5.74) is 0. The zero-order chi connectivity index (χ0) is 42.5. The predicted octanol–water partition coefficient (Wildman–Crippen LogP) is 9.25. The lowest BCUT2D eigenvalue weighted by atomic mass is 9.99. The number of carbonyl (C=O) groups excluding carboxylic acids is 1. The van der Waals surface area contributed by atoms with E-state index in [0.717, 1.165) is 57.8 Å². The van der Waals surface area contributed by atoms with Crippen molar-refractivity contribution >= 4 is 5.91 Å². The molecule has 0 bridgehead atoms. The highest BCUT2D eigenvalue weighted by molar-refractivity contribution is 5.80. The van der Waals surface area contributed by atoms with Crippen LogP contribution in [0.1, 0.15) is 213 Å². The summed E-state index contributed by atoms with van der Waals surface area (Å²) in [5.74, 6) is -0.587. The van der Waals surface area contributed by atoms with Crippen molar-refractivity contribution in [1.29, 1.82) is 0 Å². The number of hydrogen-bond donors (Lipinski definition) is 7. The van der Waals surface area contributed by atoms with E-state index >= 15 is 0 Å². The van der Waals surface area contributed by atoms with Crippen molar-refractivity contribution < 1.29 is 44.9 Å². The minimum atomic E-state index is -1.60. The van der Waals surface area contributed by atoms with Crippen LogP contribution in [0.2, 0.25) is 0 Å². The van der Waals surface area contributed by atoms with Gasteiger partial charge in [-0.3, -0.25) is 4.79 Å². The molecule has 58 heavy (non-hydrogen) atoms. The molecule has 1 aliphatic heterocycles. The van der Waals surface area contributed by atoms with Crippen LogP contribution in [0.4, 0.5) is 0 Å². The maximum absolute atomic E-state index is 13.1. The fourth-order valence-corrected chi connectivity index (χ4v) is 7.69. The Morgan fingerprint density at radius 1 is 0.586 bits per heavy atom. The Balaban J connectivity index is 2.36. The molecule has 10 nitrogen and oxygen atoms in total. The molecule has 7 N–H and O–H groups in total. The number of carbonyl (C=O) groups is 1. The van der Waals surface area contributed by atoms with Crippen LogP contribution in [0, 0.1) is 0 Å². The van der Waals surface area contributed by atoms with Gasteiger partial charge in [-0.15, -0.1) is 0 Å². The molecule has 1 rings (SSSR count). The highest BCUT2D eigenvalue weighted by Gasteiger charge is 2.44. The summed E-state index contributed by atoms with van der Waals surface area (Å²) < 4.78 is 11.2. The van der Waals surface area contributed by atoms with Crippen LogP contribution < -0.4 is 5.32 Å². The number of unbranched alkanes of at least 4 members (excludes halogenated alkanes) is 26. The minimum Gasteiger partial charge on any atom is -0.394 e. The van der Waals surface area contributed by atoms with Crippen molar-refractivity contribution in [3.05, 3.63) is 24.3 Å². The first kappa shape index (κ1) is 54.6. The van der Waals surface area contributed by atoms with Crippen LogP contribution in [-0.2, 0) is 14.3 Å². The van der Waals surface area contributed by atoms with Crippen molar-refractivity contribution in [2.75, 3.05) is 13.2 Å². The number of nitrogens with one attached hydrogen (secondary N) is 1. The number of allylic oxidation sites excluding steroid dienone is 4. The van der Waals surface area contributed by atoms with Gasteiger partial charge in [-0.2, -0.15) is 0 Å². The number of hydrogen-bond acceptors (Lipinski definition) is 9. The van der Waals surface area contributed by atoms with Crippen molar-refractivity contribution in [2.24, 2.45) is 0 Å². The van der Waals surface area contributed by atoms with Crippen molar-refractivity contribution in [3.63, 3.8) is 0 Å². The fourth-order valence-electron chi connectivity index (χ4n) is 7.69. The molecule has 0 aromatic carbocycles. The summed E-state index contributed by atoms with van der Waals surface area (Å²) in [7, 11) is 0. The normalized spacial score (nSPS) is 21.6. The Labute approximate surface area is 354 Å².